The van der Waals surface area contributed by atoms with Gasteiger partial charge in [-0.15, -0.1) is 0 Å². The lowest BCUT2D eigenvalue weighted by Gasteiger charge is -2.12. The average molecular weight is 441 g/mol. The minimum absolute atomic E-state index is 0.223. The maximum absolute atomic E-state index is 12.6. The number of nitrogens with one attached hydrogen (secondary N) is 2. The fourth-order valence-electron chi connectivity index (χ4n) is 3.15. The van der Waals surface area contributed by atoms with Crippen LogP contribution in [0.5, 0.6) is 11.5 Å². The SMILES string of the molecule is O=C(NCc1cccc(C(=O)NCc2ccco2)c1)c1cc(Cl)c2c(c1)OCCCO2. The van der Waals surface area contributed by atoms with Crippen LogP contribution < -0.4 is 20.1 Å². The first-order valence-corrected chi connectivity index (χ1v) is 10.2. The van der Waals surface area contributed by atoms with Gasteiger partial charge >= 0.3 is 0 Å². The van der Waals surface area contributed by atoms with E-state index in [1.54, 1.807) is 48.7 Å². The number of benzene rings is 2. The number of carbonyl (C=O) groups excluding carboxylic acids is 2. The van der Waals surface area contributed by atoms with Crippen molar-refractivity contribution >= 4 is 23.4 Å². The second kappa shape index (κ2) is 9.57. The molecule has 0 atom stereocenters. The first-order valence-electron chi connectivity index (χ1n) is 9.87. The predicted octanol–water partition coefficient (Wildman–Crippen LogP) is 3.95. The molecule has 4 rings (SSSR count). The molecule has 2 amide bonds. The van der Waals surface area contributed by atoms with E-state index in [2.05, 4.69) is 10.6 Å². The number of furan rings is 1. The summed E-state index contributed by atoms with van der Waals surface area (Å²) in [5.41, 5.74) is 1.66. The molecule has 1 aromatic heterocycles. The van der Waals surface area contributed by atoms with Crippen LogP contribution >= 0.6 is 11.6 Å². The summed E-state index contributed by atoms with van der Waals surface area (Å²) >= 11 is 6.27. The molecule has 1 aliphatic heterocycles. The molecule has 0 aliphatic carbocycles. The summed E-state index contributed by atoms with van der Waals surface area (Å²) in [7, 11) is 0. The topological polar surface area (TPSA) is 89.8 Å². The van der Waals surface area contributed by atoms with Gasteiger partial charge in [0, 0.05) is 24.1 Å². The Balaban J connectivity index is 1.38. The van der Waals surface area contributed by atoms with E-state index in [9.17, 15) is 9.59 Å². The summed E-state index contributed by atoms with van der Waals surface area (Å²) in [5, 5.41) is 5.98. The van der Waals surface area contributed by atoms with Gasteiger partial charge in [-0.2, -0.15) is 0 Å². The normalized spacial score (nSPS) is 12.7. The Morgan fingerprint density at radius 2 is 1.71 bits per heavy atom. The third-order valence-corrected chi connectivity index (χ3v) is 4.99. The zero-order valence-corrected chi connectivity index (χ0v) is 17.4. The molecular weight excluding hydrogens is 420 g/mol. The van der Waals surface area contributed by atoms with Crippen LogP contribution in [0.15, 0.2) is 59.2 Å². The Bertz CT molecular complexity index is 1080. The Morgan fingerprint density at radius 3 is 2.55 bits per heavy atom. The van der Waals surface area contributed by atoms with Crippen LogP contribution in [0.4, 0.5) is 0 Å². The number of hydrogen-bond acceptors (Lipinski definition) is 5. The Morgan fingerprint density at radius 1 is 0.903 bits per heavy atom. The summed E-state index contributed by atoms with van der Waals surface area (Å²) in [6.45, 7) is 1.58. The van der Waals surface area contributed by atoms with Gasteiger partial charge < -0.3 is 24.5 Å². The van der Waals surface area contributed by atoms with Crippen molar-refractivity contribution in [3.8, 4) is 11.5 Å². The van der Waals surface area contributed by atoms with Crippen molar-refractivity contribution in [2.45, 2.75) is 19.5 Å². The minimum Gasteiger partial charge on any atom is -0.489 e. The van der Waals surface area contributed by atoms with Gasteiger partial charge in [0.15, 0.2) is 11.5 Å². The molecule has 2 aromatic carbocycles. The van der Waals surface area contributed by atoms with Gasteiger partial charge in [-0.25, -0.2) is 0 Å². The molecule has 0 unspecified atom stereocenters. The molecule has 0 saturated heterocycles. The molecule has 0 saturated carbocycles. The van der Waals surface area contributed by atoms with E-state index in [1.807, 2.05) is 6.07 Å². The fraction of sp³-hybridized carbons (Fsp3) is 0.217. The van der Waals surface area contributed by atoms with Crippen LogP contribution in [0.25, 0.3) is 0 Å². The number of fused-ring (bicyclic) bond motifs is 1. The highest BCUT2D eigenvalue weighted by Crippen LogP contribution is 2.37. The lowest BCUT2D eigenvalue weighted by Crippen LogP contribution is -2.24. The lowest BCUT2D eigenvalue weighted by molar-refractivity contribution is 0.0943. The first-order chi connectivity index (χ1) is 15.1. The van der Waals surface area contributed by atoms with Gasteiger partial charge in [0.1, 0.15) is 5.76 Å². The van der Waals surface area contributed by atoms with Crippen molar-refractivity contribution < 1.29 is 23.5 Å². The van der Waals surface area contributed by atoms with Crippen LogP contribution in [0.1, 0.15) is 38.5 Å². The van der Waals surface area contributed by atoms with Crippen LogP contribution in [-0.2, 0) is 13.1 Å². The monoisotopic (exact) mass is 440 g/mol. The molecule has 0 bridgehead atoms. The molecule has 0 radical (unpaired) electrons. The molecule has 0 fully saturated rings. The molecule has 31 heavy (non-hydrogen) atoms. The van der Waals surface area contributed by atoms with Crippen LogP contribution in [-0.4, -0.2) is 25.0 Å². The summed E-state index contributed by atoms with van der Waals surface area (Å²) in [6, 6.07) is 13.8. The van der Waals surface area contributed by atoms with Crippen LogP contribution in [0, 0.1) is 0 Å². The smallest absolute Gasteiger partial charge is 0.251 e. The summed E-state index contributed by atoms with van der Waals surface area (Å²) < 4.78 is 16.4. The van der Waals surface area contributed by atoms with E-state index in [4.69, 9.17) is 25.5 Å². The second-order valence-electron chi connectivity index (χ2n) is 6.98. The highest BCUT2D eigenvalue weighted by molar-refractivity contribution is 6.32. The number of ether oxygens (including phenoxy) is 2. The molecule has 160 valence electrons. The molecule has 8 heteroatoms. The van der Waals surface area contributed by atoms with Crippen molar-refractivity contribution in [1.29, 1.82) is 0 Å². The standard InChI is InChI=1S/C23H21ClN2O5/c24-19-11-17(12-20-21(19)31-9-3-8-30-20)23(28)25-13-15-4-1-5-16(10-15)22(27)26-14-18-6-2-7-29-18/h1-2,4-7,10-12H,3,8-9,13-14H2,(H,25,28)(H,26,27). The zero-order valence-electron chi connectivity index (χ0n) is 16.7. The van der Waals surface area contributed by atoms with E-state index in [0.717, 1.165) is 12.0 Å². The summed E-state index contributed by atoms with van der Waals surface area (Å²) in [5.74, 6) is 1.07. The Kier molecular flexibility index (Phi) is 6.43. The predicted molar refractivity (Wildman–Crippen MR) is 115 cm³/mol. The fourth-order valence-corrected chi connectivity index (χ4v) is 3.42. The van der Waals surface area contributed by atoms with Crippen molar-refractivity contribution in [1.82, 2.24) is 10.6 Å². The van der Waals surface area contributed by atoms with Gasteiger partial charge in [0.25, 0.3) is 11.8 Å². The third kappa shape index (κ3) is 5.19. The molecular formula is C23H21ClN2O5. The molecule has 3 aromatic rings. The van der Waals surface area contributed by atoms with E-state index < -0.39 is 0 Å². The minimum atomic E-state index is -0.301. The molecule has 1 aliphatic rings. The van der Waals surface area contributed by atoms with Crippen molar-refractivity contribution in [3.63, 3.8) is 0 Å². The van der Waals surface area contributed by atoms with Gasteiger partial charge in [-0.1, -0.05) is 23.7 Å². The Hall–Kier alpha value is -3.45. The number of amides is 2. The zero-order chi connectivity index (χ0) is 21.6. The Labute approximate surface area is 184 Å². The highest BCUT2D eigenvalue weighted by atomic mass is 35.5. The maximum atomic E-state index is 12.6. The number of rotatable bonds is 6. The van der Waals surface area contributed by atoms with Gasteiger partial charge in [-0.05, 0) is 42.0 Å². The lowest BCUT2D eigenvalue weighted by atomic mass is 10.1. The van der Waals surface area contributed by atoms with Crippen LogP contribution in [0.3, 0.4) is 0 Å². The highest BCUT2D eigenvalue weighted by Gasteiger charge is 2.18. The second-order valence-corrected chi connectivity index (χ2v) is 7.39. The van der Waals surface area contributed by atoms with Gasteiger partial charge in [0.05, 0.1) is 31.0 Å². The third-order valence-electron chi connectivity index (χ3n) is 4.71. The molecule has 7 nitrogen and oxygen atoms in total. The van der Waals surface area contributed by atoms with E-state index in [0.29, 0.717) is 53.2 Å². The summed E-state index contributed by atoms with van der Waals surface area (Å²) in [4.78, 5) is 25.0. The van der Waals surface area contributed by atoms with Crippen molar-refractivity contribution in [3.05, 3.63) is 82.3 Å². The van der Waals surface area contributed by atoms with E-state index in [1.165, 1.54) is 0 Å². The van der Waals surface area contributed by atoms with Gasteiger partial charge in [-0.3, -0.25) is 9.59 Å². The van der Waals surface area contributed by atoms with E-state index in [-0.39, 0.29) is 18.4 Å². The van der Waals surface area contributed by atoms with Crippen molar-refractivity contribution in [2.24, 2.45) is 0 Å². The first kappa shape index (κ1) is 20.8. The van der Waals surface area contributed by atoms with Crippen molar-refractivity contribution in [2.75, 3.05) is 13.2 Å². The molecule has 2 N–H and O–H groups in total. The summed E-state index contributed by atoms with van der Waals surface area (Å²) in [6.07, 6.45) is 2.30. The largest absolute Gasteiger partial charge is 0.489 e. The number of halogens is 1. The van der Waals surface area contributed by atoms with E-state index >= 15 is 0 Å². The quantitative estimate of drug-likeness (QED) is 0.605. The molecule has 0 spiro atoms. The van der Waals surface area contributed by atoms with Crippen LogP contribution in [0.2, 0.25) is 5.02 Å². The van der Waals surface area contributed by atoms with Gasteiger partial charge in [0.2, 0.25) is 0 Å². The average Bonchev–Trinajstić information content (AvgIpc) is 3.19. The maximum Gasteiger partial charge on any atom is 0.251 e. The molecule has 2 heterocycles. The number of carbonyl (C=O) groups is 2. The number of hydrogen-bond donors (Lipinski definition) is 2.